The topological polar surface area (TPSA) is 55.6 Å². The summed E-state index contributed by atoms with van der Waals surface area (Å²) >= 11 is 0. The molecule has 0 saturated carbocycles. The molecule has 0 unspecified atom stereocenters. The van der Waals surface area contributed by atoms with Gasteiger partial charge in [0.25, 0.3) is 5.91 Å². The number of likely N-dealkylation sites (N-methyl/N-ethyl adjacent to an activating group) is 1. The first kappa shape index (κ1) is 14.4. The Bertz CT molecular complexity index is 438. The van der Waals surface area contributed by atoms with Crippen LogP contribution in [0.25, 0.3) is 0 Å². The van der Waals surface area contributed by atoms with Crippen molar-refractivity contribution in [3.05, 3.63) is 29.3 Å². The summed E-state index contributed by atoms with van der Waals surface area (Å²) in [5, 5.41) is 0. The number of carbonyl (C=O) groups is 1. The lowest BCUT2D eigenvalue weighted by atomic mass is 10.1. The molecule has 1 rings (SSSR count). The van der Waals surface area contributed by atoms with Crippen LogP contribution in [0, 0.1) is 11.6 Å². The number of nitrogens with two attached hydrogens (primary N) is 1. The smallest absolute Gasteiger partial charge is 0.256 e. The monoisotopic (exact) mass is 258 g/mol. The molecule has 0 aliphatic heterocycles. The van der Waals surface area contributed by atoms with Crippen LogP contribution >= 0.6 is 0 Å². The predicted molar refractivity (Wildman–Crippen MR) is 64.2 cm³/mol. The van der Waals surface area contributed by atoms with Crippen LogP contribution in [0.5, 0.6) is 0 Å². The van der Waals surface area contributed by atoms with Gasteiger partial charge in [0, 0.05) is 26.3 Å². The highest BCUT2D eigenvalue weighted by Gasteiger charge is 2.19. The summed E-state index contributed by atoms with van der Waals surface area (Å²) in [5.74, 6) is -2.31. The van der Waals surface area contributed by atoms with Crippen molar-refractivity contribution < 1.29 is 18.3 Å². The van der Waals surface area contributed by atoms with Crippen molar-refractivity contribution in [1.29, 1.82) is 0 Å². The van der Waals surface area contributed by atoms with E-state index < -0.39 is 17.5 Å². The molecule has 100 valence electrons. The summed E-state index contributed by atoms with van der Waals surface area (Å²) in [4.78, 5) is 13.4. The van der Waals surface area contributed by atoms with Gasteiger partial charge in [0.05, 0.1) is 17.9 Å². The summed E-state index contributed by atoms with van der Waals surface area (Å²) in [7, 11) is 1.51. The highest BCUT2D eigenvalue weighted by atomic mass is 19.1. The Labute approximate surface area is 104 Å². The van der Waals surface area contributed by atoms with E-state index in [4.69, 9.17) is 10.5 Å². The molecule has 6 heteroatoms. The molecule has 0 fully saturated rings. The highest BCUT2D eigenvalue weighted by Crippen LogP contribution is 2.18. The highest BCUT2D eigenvalue weighted by molar-refractivity contribution is 5.95. The lowest BCUT2D eigenvalue weighted by Gasteiger charge is -2.20. The third kappa shape index (κ3) is 3.16. The second kappa shape index (κ2) is 6.30. The molecule has 0 saturated heterocycles. The lowest BCUT2D eigenvalue weighted by molar-refractivity contribution is 0.0702. The number of benzene rings is 1. The third-order valence-electron chi connectivity index (χ3n) is 2.55. The van der Waals surface area contributed by atoms with Crippen molar-refractivity contribution in [3.63, 3.8) is 0 Å². The van der Waals surface area contributed by atoms with E-state index in [1.807, 2.05) is 0 Å². The quantitative estimate of drug-likeness (QED) is 0.817. The fourth-order valence-electron chi connectivity index (χ4n) is 1.50. The van der Waals surface area contributed by atoms with E-state index in [0.717, 1.165) is 6.07 Å². The molecule has 18 heavy (non-hydrogen) atoms. The Balaban J connectivity index is 2.98. The van der Waals surface area contributed by atoms with E-state index in [2.05, 4.69) is 0 Å². The molecule has 4 nitrogen and oxygen atoms in total. The van der Waals surface area contributed by atoms with E-state index in [9.17, 15) is 13.6 Å². The van der Waals surface area contributed by atoms with E-state index >= 15 is 0 Å². The summed E-state index contributed by atoms with van der Waals surface area (Å²) in [6, 6.07) is 1.63. The number of nitrogen functional groups attached to an aromatic ring is 1. The average molecular weight is 258 g/mol. The minimum atomic E-state index is -0.914. The zero-order valence-electron chi connectivity index (χ0n) is 10.4. The Hall–Kier alpha value is -1.69. The lowest BCUT2D eigenvalue weighted by Crippen LogP contribution is -2.34. The van der Waals surface area contributed by atoms with Crippen molar-refractivity contribution in [2.45, 2.75) is 6.92 Å². The second-order valence-corrected chi connectivity index (χ2v) is 3.73. The molecule has 0 spiro atoms. The Kier molecular flexibility index (Phi) is 5.03. The minimum Gasteiger partial charge on any atom is -0.396 e. The number of ether oxygens (including phenoxy) is 1. The second-order valence-electron chi connectivity index (χ2n) is 3.73. The maximum absolute atomic E-state index is 13.5. The van der Waals surface area contributed by atoms with Gasteiger partial charge in [-0.1, -0.05) is 0 Å². The number of anilines is 1. The standard InChI is InChI=1S/C12H16F2N2O2/c1-3-16(4-5-18-2)12(17)8-6-11(15)10(14)7-9(8)13/h6-7H,3-5,15H2,1-2H3. The molecular formula is C12H16F2N2O2. The van der Waals surface area contributed by atoms with Gasteiger partial charge in [0.1, 0.15) is 11.6 Å². The van der Waals surface area contributed by atoms with Crippen LogP contribution < -0.4 is 5.73 Å². The largest absolute Gasteiger partial charge is 0.396 e. The van der Waals surface area contributed by atoms with E-state index in [0.29, 0.717) is 25.8 Å². The predicted octanol–water partition coefficient (Wildman–Crippen LogP) is 1.66. The fraction of sp³-hybridized carbons (Fsp3) is 0.417. The minimum absolute atomic E-state index is 0.230. The van der Waals surface area contributed by atoms with Gasteiger partial charge in [0.2, 0.25) is 0 Å². The van der Waals surface area contributed by atoms with Gasteiger partial charge in [-0.25, -0.2) is 8.78 Å². The van der Waals surface area contributed by atoms with Gasteiger partial charge >= 0.3 is 0 Å². The average Bonchev–Trinajstić information content (AvgIpc) is 2.34. The van der Waals surface area contributed by atoms with Crippen molar-refractivity contribution in [1.82, 2.24) is 4.90 Å². The third-order valence-corrected chi connectivity index (χ3v) is 2.55. The van der Waals surface area contributed by atoms with Crippen LogP contribution in [0.15, 0.2) is 12.1 Å². The van der Waals surface area contributed by atoms with E-state index in [-0.39, 0.29) is 11.3 Å². The van der Waals surface area contributed by atoms with Gasteiger partial charge in [0.15, 0.2) is 0 Å². The van der Waals surface area contributed by atoms with Gasteiger partial charge in [-0.2, -0.15) is 0 Å². The number of hydrogen-bond acceptors (Lipinski definition) is 3. The molecule has 1 aromatic rings. The molecule has 0 heterocycles. The molecule has 0 radical (unpaired) electrons. The zero-order valence-corrected chi connectivity index (χ0v) is 10.4. The van der Waals surface area contributed by atoms with Crippen LogP contribution in [0.3, 0.4) is 0 Å². The van der Waals surface area contributed by atoms with Crippen LogP contribution in [-0.2, 0) is 4.74 Å². The van der Waals surface area contributed by atoms with Gasteiger partial charge < -0.3 is 15.4 Å². The Morgan fingerprint density at radius 3 is 2.61 bits per heavy atom. The molecule has 0 aromatic heterocycles. The van der Waals surface area contributed by atoms with Gasteiger partial charge in [-0.05, 0) is 13.0 Å². The van der Waals surface area contributed by atoms with Crippen molar-refractivity contribution in [2.24, 2.45) is 0 Å². The number of halogens is 2. The Morgan fingerprint density at radius 1 is 1.39 bits per heavy atom. The van der Waals surface area contributed by atoms with Gasteiger partial charge in [-0.3, -0.25) is 4.79 Å². The summed E-state index contributed by atoms with van der Waals surface area (Å²) in [6.07, 6.45) is 0. The van der Waals surface area contributed by atoms with Crippen LogP contribution in [0.4, 0.5) is 14.5 Å². The SMILES string of the molecule is CCN(CCOC)C(=O)c1cc(N)c(F)cc1F. The molecule has 0 aliphatic carbocycles. The molecule has 1 aromatic carbocycles. The number of amides is 1. The van der Waals surface area contributed by atoms with Crippen molar-refractivity contribution in [2.75, 3.05) is 32.5 Å². The fourth-order valence-corrected chi connectivity index (χ4v) is 1.50. The van der Waals surface area contributed by atoms with Gasteiger partial charge in [-0.15, -0.1) is 0 Å². The van der Waals surface area contributed by atoms with E-state index in [1.165, 1.54) is 12.0 Å². The summed E-state index contributed by atoms with van der Waals surface area (Å²) in [5.41, 5.74) is 4.85. The van der Waals surface area contributed by atoms with Crippen LogP contribution in [0.2, 0.25) is 0 Å². The molecule has 1 amide bonds. The van der Waals surface area contributed by atoms with E-state index in [1.54, 1.807) is 6.92 Å². The number of nitrogens with zero attached hydrogens (tertiary/aromatic N) is 1. The first-order valence-corrected chi connectivity index (χ1v) is 5.54. The Morgan fingerprint density at radius 2 is 2.06 bits per heavy atom. The zero-order chi connectivity index (χ0) is 13.7. The number of rotatable bonds is 5. The summed E-state index contributed by atoms with van der Waals surface area (Å²) in [6.45, 7) is 2.84. The van der Waals surface area contributed by atoms with Crippen molar-refractivity contribution in [3.8, 4) is 0 Å². The van der Waals surface area contributed by atoms with Crippen molar-refractivity contribution >= 4 is 11.6 Å². The van der Waals surface area contributed by atoms with Crippen LogP contribution in [0.1, 0.15) is 17.3 Å². The first-order chi connectivity index (χ1) is 8.51. The first-order valence-electron chi connectivity index (χ1n) is 5.54. The maximum Gasteiger partial charge on any atom is 0.256 e. The molecule has 0 aliphatic rings. The molecule has 0 bridgehead atoms. The molecule has 2 N–H and O–H groups in total. The maximum atomic E-state index is 13.5. The number of hydrogen-bond donors (Lipinski definition) is 1. The number of carbonyl (C=O) groups excluding carboxylic acids is 1. The summed E-state index contributed by atoms with van der Waals surface area (Å²) < 4.78 is 31.4. The molecule has 0 atom stereocenters. The molecular weight excluding hydrogens is 242 g/mol. The normalized spacial score (nSPS) is 10.4. The van der Waals surface area contributed by atoms with Crippen LogP contribution in [-0.4, -0.2) is 37.6 Å². The number of methoxy groups -OCH3 is 1.